The number of amides is 2. The molecule has 0 radical (unpaired) electrons. The van der Waals surface area contributed by atoms with Crippen LogP contribution in [-0.2, 0) is 4.79 Å². The SMILES string of the molecule is NCCCC(=O)Nc1ccccc1NC(=O)c1ccco1. The molecule has 0 saturated heterocycles. The lowest BCUT2D eigenvalue weighted by Gasteiger charge is -2.11. The summed E-state index contributed by atoms with van der Waals surface area (Å²) < 4.78 is 5.03. The van der Waals surface area contributed by atoms with Crippen molar-refractivity contribution in [2.75, 3.05) is 17.2 Å². The van der Waals surface area contributed by atoms with Crippen LogP contribution in [0.25, 0.3) is 0 Å². The van der Waals surface area contributed by atoms with Gasteiger partial charge in [0, 0.05) is 6.42 Å². The molecule has 6 heteroatoms. The summed E-state index contributed by atoms with van der Waals surface area (Å²) in [4.78, 5) is 23.7. The van der Waals surface area contributed by atoms with Crippen molar-refractivity contribution < 1.29 is 14.0 Å². The standard InChI is InChI=1S/C15H17N3O3/c16-9-3-8-14(19)17-11-5-1-2-6-12(11)18-15(20)13-7-4-10-21-13/h1-2,4-7,10H,3,8-9,16H2,(H,17,19)(H,18,20). The van der Waals surface area contributed by atoms with Gasteiger partial charge in [0.05, 0.1) is 17.6 Å². The van der Waals surface area contributed by atoms with Crippen molar-refractivity contribution in [1.82, 2.24) is 0 Å². The Morgan fingerprint density at radius 2 is 1.76 bits per heavy atom. The first-order valence-corrected chi connectivity index (χ1v) is 6.64. The Balaban J connectivity index is 2.06. The van der Waals surface area contributed by atoms with Gasteiger partial charge in [-0.05, 0) is 37.2 Å². The molecule has 1 aromatic carbocycles. The molecule has 2 rings (SSSR count). The van der Waals surface area contributed by atoms with Gasteiger partial charge in [0.1, 0.15) is 0 Å². The smallest absolute Gasteiger partial charge is 0.291 e. The molecule has 0 fully saturated rings. The third-order valence-electron chi connectivity index (χ3n) is 2.80. The first kappa shape index (κ1) is 14.8. The fourth-order valence-electron chi connectivity index (χ4n) is 1.77. The summed E-state index contributed by atoms with van der Waals surface area (Å²) in [6.45, 7) is 0.463. The zero-order valence-electron chi connectivity index (χ0n) is 11.5. The van der Waals surface area contributed by atoms with Crippen molar-refractivity contribution in [3.8, 4) is 0 Å². The maximum atomic E-state index is 12.0. The summed E-state index contributed by atoms with van der Waals surface area (Å²) >= 11 is 0. The second-order valence-electron chi connectivity index (χ2n) is 4.42. The molecule has 0 atom stereocenters. The number of anilines is 2. The summed E-state index contributed by atoms with van der Waals surface area (Å²) in [5.41, 5.74) is 6.43. The average Bonchev–Trinajstić information content (AvgIpc) is 3.01. The summed E-state index contributed by atoms with van der Waals surface area (Å²) in [6.07, 6.45) is 2.39. The highest BCUT2D eigenvalue weighted by Crippen LogP contribution is 2.22. The zero-order valence-corrected chi connectivity index (χ0v) is 11.5. The number of nitrogens with two attached hydrogens (primary N) is 1. The Morgan fingerprint density at radius 3 is 2.38 bits per heavy atom. The second kappa shape index (κ2) is 7.25. The maximum absolute atomic E-state index is 12.0. The minimum absolute atomic E-state index is 0.139. The van der Waals surface area contributed by atoms with Crippen LogP contribution >= 0.6 is 0 Å². The molecule has 21 heavy (non-hydrogen) atoms. The highest BCUT2D eigenvalue weighted by molar-refractivity contribution is 6.05. The third-order valence-corrected chi connectivity index (χ3v) is 2.80. The van der Waals surface area contributed by atoms with Gasteiger partial charge < -0.3 is 20.8 Å². The molecular formula is C15H17N3O3. The van der Waals surface area contributed by atoms with Crippen LogP contribution in [0.2, 0.25) is 0 Å². The molecule has 0 bridgehead atoms. The monoisotopic (exact) mass is 287 g/mol. The topological polar surface area (TPSA) is 97.4 Å². The molecule has 4 N–H and O–H groups in total. The third kappa shape index (κ3) is 4.19. The van der Waals surface area contributed by atoms with Crippen LogP contribution in [0.4, 0.5) is 11.4 Å². The minimum Gasteiger partial charge on any atom is -0.459 e. The van der Waals surface area contributed by atoms with E-state index in [1.54, 1.807) is 36.4 Å². The molecule has 0 aliphatic rings. The van der Waals surface area contributed by atoms with E-state index in [-0.39, 0.29) is 17.6 Å². The number of nitrogens with one attached hydrogen (secondary N) is 2. The van der Waals surface area contributed by atoms with Crippen LogP contribution in [0.3, 0.4) is 0 Å². The van der Waals surface area contributed by atoms with Crippen molar-refractivity contribution in [2.45, 2.75) is 12.8 Å². The molecule has 0 aliphatic carbocycles. The molecule has 0 unspecified atom stereocenters. The first-order chi connectivity index (χ1) is 10.2. The highest BCUT2D eigenvalue weighted by atomic mass is 16.3. The van der Waals surface area contributed by atoms with Gasteiger partial charge >= 0.3 is 0 Å². The van der Waals surface area contributed by atoms with Gasteiger partial charge in [-0.2, -0.15) is 0 Å². The van der Waals surface area contributed by atoms with Crippen molar-refractivity contribution in [3.05, 3.63) is 48.4 Å². The molecule has 0 spiro atoms. The van der Waals surface area contributed by atoms with E-state index in [9.17, 15) is 9.59 Å². The van der Waals surface area contributed by atoms with E-state index in [2.05, 4.69) is 10.6 Å². The fourth-order valence-corrected chi connectivity index (χ4v) is 1.77. The lowest BCUT2D eigenvalue weighted by Crippen LogP contribution is -2.17. The van der Waals surface area contributed by atoms with Crippen molar-refractivity contribution >= 4 is 23.2 Å². The van der Waals surface area contributed by atoms with Gasteiger partial charge in [0.25, 0.3) is 5.91 Å². The quantitative estimate of drug-likeness (QED) is 0.758. The van der Waals surface area contributed by atoms with E-state index in [0.29, 0.717) is 30.8 Å². The van der Waals surface area contributed by atoms with E-state index in [1.807, 2.05) is 0 Å². The number of para-hydroxylation sites is 2. The van der Waals surface area contributed by atoms with Gasteiger partial charge in [-0.25, -0.2) is 0 Å². The van der Waals surface area contributed by atoms with Crippen LogP contribution in [0.15, 0.2) is 47.1 Å². The molecule has 2 aromatic rings. The van der Waals surface area contributed by atoms with Gasteiger partial charge in [-0.1, -0.05) is 12.1 Å². The fraction of sp³-hybridized carbons (Fsp3) is 0.200. The van der Waals surface area contributed by atoms with Gasteiger partial charge in [-0.15, -0.1) is 0 Å². The van der Waals surface area contributed by atoms with E-state index in [4.69, 9.17) is 10.2 Å². The van der Waals surface area contributed by atoms with Crippen molar-refractivity contribution in [3.63, 3.8) is 0 Å². The number of hydrogen-bond donors (Lipinski definition) is 3. The lowest BCUT2D eigenvalue weighted by molar-refractivity contribution is -0.116. The molecule has 1 aromatic heterocycles. The molecule has 0 aliphatic heterocycles. The normalized spacial score (nSPS) is 10.1. The second-order valence-corrected chi connectivity index (χ2v) is 4.42. The van der Waals surface area contributed by atoms with E-state index in [1.165, 1.54) is 6.26 Å². The summed E-state index contributed by atoms with van der Waals surface area (Å²) in [6, 6.07) is 10.2. The number of furan rings is 1. The van der Waals surface area contributed by atoms with Gasteiger partial charge in [0.2, 0.25) is 5.91 Å². The Bertz CT molecular complexity index is 608. The van der Waals surface area contributed by atoms with Gasteiger partial charge in [-0.3, -0.25) is 9.59 Å². The van der Waals surface area contributed by atoms with Crippen LogP contribution in [0.5, 0.6) is 0 Å². The summed E-state index contributed by atoms with van der Waals surface area (Å²) in [5.74, 6) is -0.303. The van der Waals surface area contributed by atoms with Crippen LogP contribution in [0, 0.1) is 0 Å². The zero-order chi connectivity index (χ0) is 15.1. The maximum Gasteiger partial charge on any atom is 0.291 e. The number of rotatable bonds is 6. The highest BCUT2D eigenvalue weighted by Gasteiger charge is 2.12. The van der Waals surface area contributed by atoms with E-state index >= 15 is 0 Å². The number of benzene rings is 1. The van der Waals surface area contributed by atoms with Crippen LogP contribution in [0.1, 0.15) is 23.4 Å². The number of hydrogen-bond acceptors (Lipinski definition) is 4. The Kier molecular flexibility index (Phi) is 5.11. The predicted octanol–water partition coefficient (Wildman–Crippen LogP) is 2.21. The Labute approximate surface area is 122 Å². The Morgan fingerprint density at radius 1 is 1.05 bits per heavy atom. The summed E-state index contributed by atoms with van der Waals surface area (Å²) in [5, 5.41) is 5.46. The molecule has 6 nitrogen and oxygen atoms in total. The van der Waals surface area contributed by atoms with Crippen molar-refractivity contribution in [2.24, 2.45) is 5.73 Å². The molecule has 2 amide bonds. The number of carbonyl (C=O) groups excluding carboxylic acids is 2. The van der Waals surface area contributed by atoms with Gasteiger partial charge in [0.15, 0.2) is 5.76 Å². The van der Waals surface area contributed by atoms with Crippen LogP contribution in [-0.4, -0.2) is 18.4 Å². The molecule has 110 valence electrons. The largest absolute Gasteiger partial charge is 0.459 e. The van der Waals surface area contributed by atoms with Crippen molar-refractivity contribution in [1.29, 1.82) is 0 Å². The first-order valence-electron chi connectivity index (χ1n) is 6.64. The number of carbonyl (C=O) groups is 2. The molecular weight excluding hydrogens is 270 g/mol. The van der Waals surface area contributed by atoms with E-state index < -0.39 is 0 Å². The minimum atomic E-state index is -0.372. The van der Waals surface area contributed by atoms with E-state index in [0.717, 1.165) is 0 Å². The molecule has 0 saturated carbocycles. The predicted molar refractivity (Wildman–Crippen MR) is 80.0 cm³/mol. The summed E-state index contributed by atoms with van der Waals surface area (Å²) in [7, 11) is 0. The average molecular weight is 287 g/mol. The molecule has 1 heterocycles. The lowest BCUT2D eigenvalue weighted by atomic mass is 10.2. The van der Waals surface area contributed by atoms with Crippen LogP contribution < -0.4 is 16.4 Å². The Hall–Kier alpha value is -2.60.